The second-order valence-corrected chi connectivity index (χ2v) is 6.50. The maximum absolute atomic E-state index is 11.8. The quantitative estimate of drug-likeness (QED) is 0.621. The molecule has 2 N–H and O–H groups in total. The first-order valence-electron chi connectivity index (χ1n) is 6.80. The molecule has 0 aromatic heterocycles. The standard InChI is InChI=1S/C14H22N2O4S/c1-20-10-5-8-14(17)15-9-11-21(18,19)16-12-13-6-3-2-4-7-13/h2-4,6-7,16H,5,8-12H2,1H3,(H,15,17). The Morgan fingerprint density at radius 2 is 1.95 bits per heavy atom. The molecule has 0 spiro atoms. The zero-order valence-electron chi connectivity index (χ0n) is 12.2. The third-order valence-corrected chi connectivity index (χ3v) is 4.11. The predicted octanol–water partition coefficient (Wildman–Crippen LogP) is 0.649. The van der Waals surface area contributed by atoms with Crippen LogP contribution in [-0.4, -0.2) is 40.3 Å². The minimum Gasteiger partial charge on any atom is -0.385 e. The van der Waals surface area contributed by atoms with Crippen molar-refractivity contribution in [3.8, 4) is 0 Å². The molecule has 0 atom stereocenters. The fraction of sp³-hybridized carbons (Fsp3) is 0.500. The Balaban J connectivity index is 2.22. The Morgan fingerprint density at radius 1 is 1.24 bits per heavy atom. The van der Waals surface area contributed by atoms with Crippen molar-refractivity contribution in [1.82, 2.24) is 10.0 Å². The highest BCUT2D eigenvalue weighted by Gasteiger charge is 2.10. The van der Waals surface area contributed by atoms with E-state index in [1.165, 1.54) is 0 Å². The van der Waals surface area contributed by atoms with Crippen LogP contribution >= 0.6 is 0 Å². The van der Waals surface area contributed by atoms with Crippen molar-refractivity contribution in [3.05, 3.63) is 35.9 Å². The van der Waals surface area contributed by atoms with Crippen molar-refractivity contribution in [2.24, 2.45) is 0 Å². The lowest BCUT2D eigenvalue weighted by Crippen LogP contribution is -2.34. The van der Waals surface area contributed by atoms with Crippen LogP contribution in [0, 0.1) is 0 Å². The van der Waals surface area contributed by atoms with E-state index >= 15 is 0 Å². The summed E-state index contributed by atoms with van der Waals surface area (Å²) in [5.74, 6) is -0.291. The van der Waals surface area contributed by atoms with E-state index < -0.39 is 10.0 Å². The SMILES string of the molecule is COCCCC(=O)NCCS(=O)(=O)NCc1ccccc1. The average molecular weight is 314 g/mol. The minimum absolute atomic E-state index is 0.107. The molecule has 0 saturated heterocycles. The second kappa shape index (κ2) is 9.49. The molecule has 0 radical (unpaired) electrons. The zero-order chi connectivity index (χ0) is 15.6. The molecule has 0 saturated carbocycles. The molecule has 1 aromatic carbocycles. The van der Waals surface area contributed by atoms with Crippen molar-refractivity contribution < 1.29 is 17.9 Å². The first kappa shape index (κ1) is 17.6. The Kier molecular flexibility index (Phi) is 7.96. The van der Waals surface area contributed by atoms with Crippen LogP contribution in [0.5, 0.6) is 0 Å². The van der Waals surface area contributed by atoms with Gasteiger partial charge in [0.05, 0.1) is 5.75 Å². The fourth-order valence-electron chi connectivity index (χ4n) is 1.65. The van der Waals surface area contributed by atoms with Gasteiger partial charge in [0.25, 0.3) is 0 Å². The molecule has 0 fully saturated rings. The predicted molar refractivity (Wildman–Crippen MR) is 81.2 cm³/mol. The van der Waals surface area contributed by atoms with Crippen LogP contribution in [0.25, 0.3) is 0 Å². The van der Waals surface area contributed by atoms with Gasteiger partial charge in [0.2, 0.25) is 15.9 Å². The number of ether oxygens (including phenoxy) is 1. The van der Waals surface area contributed by atoms with Crippen LogP contribution in [0.1, 0.15) is 18.4 Å². The Hall–Kier alpha value is -1.44. The van der Waals surface area contributed by atoms with Gasteiger partial charge < -0.3 is 10.1 Å². The molecule has 118 valence electrons. The van der Waals surface area contributed by atoms with Gasteiger partial charge in [0.1, 0.15) is 0 Å². The van der Waals surface area contributed by atoms with Crippen molar-refractivity contribution in [3.63, 3.8) is 0 Å². The number of carbonyl (C=O) groups is 1. The number of nitrogens with one attached hydrogen (secondary N) is 2. The molecule has 0 unspecified atom stereocenters. The number of benzene rings is 1. The maximum Gasteiger partial charge on any atom is 0.220 e. The number of rotatable bonds is 10. The summed E-state index contributed by atoms with van der Waals surface area (Å²) in [4.78, 5) is 11.4. The van der Waals surface area contributed by atoms with E-state index in [2.05, 4.69) is 10.0 Å². The Bertz CT molecular complexity index is 517. The summed E-state index contributed by atoms with van der Waals surface area (Å²) in [5.41, 5.74) is 0.893. The second-order valence-electron chi connectivity index (χ2n) is 4.57. The van der Waals surface area contributed by atoms with Gasteiger partial charge in [-0.3, -0.25) is 4.79 Å². The lowest BCUT2D eigenvalue weighted by Gasteiger charge is -2.08. The van der Waals surface area contributed by atoms with Gasteiger partial charge in [0.15, 0.2) is 0 Å². The van der Waals surface area contributed by atoms with E-state index in [0.29, 0.717) is 19.4 Å². The van der Waals surface area contributed by atoms with E-state index in [0.717, 1.165) is 5.56 Å². The van der Waals surface area contributed by atoms with Crippen LogP contribution in [0.3, 0.4) is 0 Å². The summed E-state index contributed by atoms with van der Waals surface area (Å²) in [6, 6.07) is 9.27. The first-order chi connectivity index (χ1) is 10.0. The van der Waals surface area contributed by atoms with Crippen molar-refractivity contribution in [1.29, 1.82) is 0 Å². The molecule has 6 nitrogen and oxygen atoms in total. The molecule has 1 rings (SSSR count). The first-order valence-corrected chi connectivity index (χ1v) is 8.45. The van der Waals surface area contributed by atoms with E-state index in [-0.39, 0.29) is 24.7 Å². The molecular weight excluding hydrogens is 292 g/mol. The van der Waals surface area contributed by atoms with Gasteiger partial charge >= 0.3 is 0 Å². The average Bonchev–Trinajstić information content (AvgIpc) is 2.46. The lowest BCUT2D eigenvalue weighted by atomic mass is 10.2. The van der Waals surface area contributed by atoms with Crippen LogP contribution in [-0.2, 0) is 26.1 Å². The van der Waals surface area contributed by atoms with Gasteiger partial charge in [-0.25, -0.2) is 13.1 Å². The molecule has 1 aromatic rings. The summed E-state index contributed by atoms with van der Waals surface area (Å²) in [5, 5.41) is 2.58. The highest BCUT2D eigenvalue weighted by atomic mass is 32.2. The van der Waals surface area contributed by atoms with Crippen molar-refractivity contribution in [2.45, 2.75) is 19.4 Å². The Morgan fingerprint density at radius 3 is 2.62 bits per heavy atom. The largest absolute Gasteiger partial charge is 0.385 e. The molecule has 7 heteroatoms. The van der Waals surface area contributed by atoms with Gasteiger partial charge in [-0.2, -0.15) is 0 Å². The molecule has 0 aliphatic rings. The number of hydrogen-bond acceptors (Lipinski definition) is 4. The van der Waals surface area contributed by atoms with Gasteiger partial charge in [-0.1, -0.05) is 30.3 Å². The van der Waals surface area contributed by atoms with E-state index in [1.54, 1.807) is 7.11 Å². The summed E-state index contributed by atoms with van der Waals surface area (Å²) in [6.07, 6.45) is 0.965. The van der Waals surface area contributed by atoms with Crippen LogP contribution < -0.4 is 10.0 Å². The molecule has 0 bridgehead atoms. The van der Waals surface area contributed by atoms with Crippen molar-refractivity contribution >= 4 is 15.9 Å². The highest BCUT2D eigenvalue weighted by molar-refractivity contribution is 7.89. The van der Waals surface area contributed by atoms with Crippen LogP contribution in [0.4, 0.5) is 0 Å². The normalized spacial score (nSPS) is 11.3. The summed E-state index contributed by atoms with van der Waals surface area (Å²) in [7, 11) is -1.82. The topological polar surface area (TPSA) is 84.5 Å². The minimum atomic E-state index is -3.39. The lowest BCUT2D eigenvalue weighted by molar-refractivity contribution is -0.121. The number of carbonyl (C=O) groups excluding carboxylic acids is 1. The third-order valence-electron chi connectivity index (χ3n) is 2.78. The van der Waals surface area contributed by atoms with Gasteiger partial charge in [-0.15, -0.1) is 0 Å². The number of sulfonamides is 1. The van der Waals surface area contributed by atoms with Gasteiger partial charge in [0, 0.05) is 33.2 Å². The van der Waals surface area contributed by atoms with Crippen LogP contribution in [0.2, 0.25) is 0 Å². The molecule has 0 heterocycles. The smallest absolute Gasteiger partial charge is 0.220 e. The maximum atomic E-state index is 11.8. The Labute approximate surface area is 125 Å². The van der Waals surface area contributed by atoms with E-state index in [9.17, 15) is 13.2 Å². The fourth-order valence-corrected chi connectivity index (χ4v) is 2.55. The summed E-state index contributed by atoms with van der Waals surface area (Å²) < 4.78 is 30.9. The number of hydrogen-bond donors (Lipinski definition) is 2. The zero-order valence-corrected chi connectivity index (χ0v) is 13.0. The number of methoxy groups -OCH3 is 1. The van der Waals surface area contributed by atoms with E-state index in [4.69, 9.17) is 4.74 Å². The molecular formula is C14H22N2O4S. The molecule has 1 amide bonds. The van der Waals surface area contributed by atoms with Crippen molar-refractivity contribution in [2.75, 3.05) is 26.0 Å². The number of amides is 1. The highest BCUT2D eigenvalue weighted by Crippen LogP contribution is 1.98. The van der Waals surface area contributed by atoms with Crippen LogP contribution in [0.15, 0.2) is 30.3 Å². The summed E-state index contributed by atoms with van der Waals surface area (Å²) >= 11 is 0. The van der Waals surface area contributed by atoms with Gasteiger partial charge in [-0.05, 0) is 12.0 Å². The molecule has 0 aliphatic carbocycles. The molecule has 21 heavy (non-hydrogen) atoms. The monoisotopic (exact) mass is 314 g/mol. The third kappa shape index (κ3) is 8.44. The molecule has 0 aliphatic heterocycles. The summed E-state index contributed by atoms with van der Waals surface area (Å²) in [6.45, 7) is 0.880. The van der Waals surface area contributed by atoms with E-state index in [1.807, 2.05) is 30.3 Å².